The number of fused-ring (bicyclic) bond motifs is 2. The summed E-state index contributed by atoms with van der Waals surface area (Å²) < 4.78 is 50.9. The predicted molar refractivity (Wildman–Crippen MR) is 162 cm³/mol. The first-order valence-corrected chi connectivity index (χ1v) is 14.9. The fourth-order valence-corrected chi connectivity index (χ4v) is 6.29. The van der Waals surface area contributed by atoms with Gasteiger partial charge < -0.3 is 19.1 Å². The van der Waals surface area contributed by atoms with Crippen molar-refractivity contribution in [2.24, 2.45) is 7.05 Å². The van der Waals surface area contributed by atoms with Gasteiger partial charge in [0.15, 0.2) is 11.5 Å². The van der Waals surface area contributed by atoms with E-state index in [1.54, 1.807) is 42.0 Å². The number of carbonyl (C=O) groups excluding carboxylic acids is 1. The monoisotopic (exact) mass is 616 g/mol. The van der Waals surface area contributed by atoms with E-state index < -0.39 is 11.9 Å². The van der Waals surface area contributed by atoms with Crippen LogP contribution in [0.4, 0.5) is 24.7 Å². The van der Waals surface area contributed by atoms with Crippen LogP contribution in [0.3, 0.4) is 0 Å². The molecule has 0 spiro atoms. The lowest BCUT2D eigenvalue weighted by molar-refractivity contribution is -0.140. The van der Waals surface area contributed by atoms with Crippen molar-refractivity contribution in [3.8, 4) is 11.1 Å². The van der Waals surface area contributed by atoms with Gasteiger partial charge in [-0.15, -0.1) is 0 Å². The number of aromatic nitrogens is 6. The molecule has 1 saturated heterocycles. The van der Waals surface area contributed by atoms with Gasteiger partial charge in [-0.05, 0) is 53.8 Å². The second-order valence-corrected chi connectivity index (χ2v) is 11.3. The molecule has 232 valence electrons. The molecule has 0 radical (unpaired) electrons. The van der Waals surface area contributed by atoms with Crippen molar-refractivity contribution in [2.45, 2.75) is 32.5 Å². The number of benzene rings is 1. The van der Waals surface area contributed by atoms with Gasteiger partial charge in [-0.1, -0.05) is 6.92 Å². The maximum atomic E-state index is 14.4. The van der Waals surface area contributed by atoms with Crippen molar-refractivity contribution in [2.75, 3.05) is 42.6 Å². The number of carbonyl (C=O) groups is 1. The van der Waals surface area contributed by atoms with Gasteiger partial charge in [0.25, 0.3) is 5.91 Å². The van der Waals surface area contributed by atoms with Gasteiger partial charge in [0.05, 0.1) is 25.2 Å². The first-order chi connectivity index (χ1) is 21.7. The normalized spacial score (nSPS) is 15.6. The van der Waals surface area contributed by atoms with Crippen molar-refractivity contribution in [1.82, 2.24) is 29.3 Å². The van der Waals surface area contributed by atoms with Crippen LogP contribution in [0.1, 0.15) is 39.8 Å². The summed E-state index contributed by atoms with van der Waals surface area (Å²) in [7, 11) is 1.46. The third-order valence-corrected chi connectivity index (χ3v) is 8.39. The molecule has 0 N–H and O–H groups in total. The molecule has 1 amide bonds. The molecule has 1 aromatic carbocycles. The number of halogens is 3. The van der Waals surface area contributed by atoms with E-state index in [0.717, 1.165) is 16.9 Å². The summed E-state index contributed by atoms with van der Waals surface area (Å²) >= 11 is 0. The van der Waals surface area contributed by atoms with Crippen molar-refractivity contribution in [3.05, 3.63) is 83.5 Å². The molecule has 10 nitrogen and oxygen atoms in total. The molecule has 6 heterocycles. The van der Waals surface area contributed by atoms with E-state index in [2.05, 4.69) is 15.0 Å². The van der Waals surface area contributed by atoms with Gasteiger partial charge in [-0.25, -0.2) is 9.97 Å². The molecule has 2 aliphatic heterocycles. The Morgan fingerprint density at radius 2 is 1.82 bits per heavy atom. The van der Waals surface area contributed by atoms with E-state index in [9.17, 15) is 18.0 Å². The molecule has 4 aromatic heterocycles. The molecule has 0 unspecified atom stereocenters. The van der Waals surface area contributed by atoms with Crippen LogP contribution in [-0.4, -0.2) is 68.1 Å². The Kier molecular flexibility index (Phi) is 7.27. The average Bonchev–Trinajstić information content (AvgIpc) is 3.70. The highest BCUT2D eigenvalue weighted by Gasteiger charge is 2.39. The maximum Gasteiger partial charge on any atom is 0.435 e. The Balaban J connectivity index is 1.37. The highest BCUT2D eigenvalue weighted by atomic mass is 19.4. The summed E-state index contributed by atoms with van der Waals surface area (Å²) in [5.41, 5.74) is 3.25. The van der Waals surface area contributed by atoms with Crippen LogP contribution in [0.5, 0.6) is 0 Å². The third-order valence-electron chi connectivity index (χ3n) is 8.39. The average molecular weight is 617 g/mol. The SMILES string of the molecule is CCc1cc2c(N3CCc4c(cc(Cn5ccnc5)cc4-c4cn(C)nc4C(F)(F)F)C3=O)ccnc2c(N2CCOCC2)n1. The Morgan fingerprint density at radius 1 is 1.02 bits per heavy atom. The smallest absolute Gasteiger partial charge is 0.378 e. The molecular formula is C32H31F3N8O2. The summed E-state index contributed by atoms with van der Waals surface area (Å²) in [5, 5.41) is 4.56. The van der Waals surface area contributed by atoms with Crippen LogP contribution in [0.25, 0.3) is 22.0 Å². The molecule has 13 heteroatoms. The molecule has 5 aromatic rings. The number of anilines is 2. The minimum atomic E-state index is -4.66. The number of nitrogens with zero attached hydrogens (tertiary/aromatic N) is 8. The Morgan fingerprint density at radius 3 is 2.56 bits per heavy atom. The fourth-order valence-electron chi connectivity index (χ4n) is 6.29. The number of ether oxygens (including phenoxy) is 1. The van der Waals surface area contributed by atoms with Crippen LogP contribution in [0, 0.1) is 0 Å². The summed E-state index contributed by atoms with van der Waals surface area (Å²) in [6.07, 6.45) is 4.50. The third kappa shape index (κ3) is 5.30. The van der Waals surface area contributed by atoms with E-state index in [4.69, 9.17) is 14.7 Å². The Hall–Kier alpha value is -4.78. The molecule has 0 atom stereocenters. The number of aryl methyl sites for hydroxylation is 2. The van der Waals surface area contributed by atoms with Gasteiger partial charge in [0, 0.05) is 80.2 Å². The lowest BCUT2D eigenvalue weighted by Crippen LogP contribution is -2.38. The molecular weight excluding hydrogens is 585 g/mol. The number of hydrogen-bond donors (Lipinski definition) is 0. The second-order valence-electron chi connectivity index (χ2n) is 11.3. The molecule has 0 bridgehead atoms. The van der Waals surface area contributed by atoms with E-state index in [-0.39, 0.29) is 18.0 Å². The van der Waals surface area contributed by atoms with Crippen LogP contribution >= 0.6 is 0 Å². The molecule has 0 saturated carbocycles. The number of alkyl halides is 3. The molecule has 1 fully saturated rings. The van der Waals surface area contributed by atoms with Gasteiger partial charge in [0.2, 0.25) is 0 Å². The van der Waals surface area contributed by atoms with Crippen LogP contribution < -0.4 is 9.80 Å². The minimum absolute atomic E-state index is 0.0434. The van der Waals surface area contributed by atoms with Gasteiger partial charge in [-0.2, -0.15) is 18.3 Å². The zero-order valence-electron chi connectivity index (χ0n) is 24.9. The number of rotatable bonds is 6. The highest BCUT2D eigenvalue weighted by molar-refractivity contribution is 6.13. The van der Waals surface area contributed by atoms with Crippen molar-refractivity contribution in [3.63, 3.8) is 0 Å². The first-order valence-electron chi connectivity index (χ1n) is 14.9. The summed E-state index contributed by atoms with van der Waals surface area (Å²) in [6.45, 7) is 5.22. The van der Waals surface area contributed by atoms with Crippen LogP contribution in [-0.2, 0) is 37.3 Å². The van der Waals surface area contributed by atoms with Crippen molar-refractivity contribution < 1.29 is 22.7 Å². The number of imidazole rings is 1. The summed E-state index contributed by atoms with van der Waals surface area (Å²) in [6, 6.07) is 7.34. The largest absolute Gasteiger partial charge is 0.435 e. The number of morpholine rings is 1. The van der Waals surface area contributed by atoms with Gasteiger partial charge in [0.1, 0.15) is 5.52 Å². The topological polar surface area (TPSA) is 94.2 Å². The van der Waals surface area contributed by atoms with E-state index >= 15 is 0 Å². The number of hydrogen-bond acceptors (Lipinski definition) is 7. The van der Waals surface area contributed by atoms with Gasteiger partial charge >= 0.3 is 6.18 Å². The van der Waals surface area contributed by atoms with E-state index in [0.29, 0.717) is 79.1 Å². The molecule has 45 heavy (non-hydrogen) atoms. The second kappa shape index (κ2) is 11.3. The quantitative estimate of drug-likeness (QED) is 0.268. The Bertz CT molecular complexity index is 1890. The minimum Gasteiger partial charge on any atom is -0.378 e. The molecule has 7 rings (SSSR count). The standard InChI is InChI=1S/C32H31F3N8O2/c1-3-21-16-25-27(4-6-37-28(25)30(38-21)42-10-12-45-13-11-42)43-8-5-22-23(26-18-40(2)39-29(26)32(33,34)35)14-20(15-24(22)31(43)44)17-41-9-7-36-19-41/h4,6-7,9,14-16,18-19H,3,5,8,10-13,17H2,1-2H3. The fraction of sp³-hybridized carbons (Fsp3) is 0.344. The lowest BCUT2D eigenvalue weighted by Gasteiger charge is -2.32. The van der Waals surface area contributed by atoms with E-state index in [1.807, 2.05) is 23.6 Å². The molecule has 0 aliphatic carbocycles. The Labute approximate surface area is 257 Å². The number of pyridine rings is 2. The predicted octanol–water partition coefficient (Wildman–Crippen LogP) is 4.90. The molecule has 2 aliphatic rings. The van der Waals surface area contributed by atoms with Gasteiger partial charge in [-0.3, -0.25) is 14.5 Å². The first kappa shape index (κ1) is 29.0. The summed E-state index contributed by atoms with van der Waals surface area (Å²) in [5.74, 6) is 0.484. The number of amides is 1. The zero-order valence-corrected chi connectivity index (χ0v) is 24.9. The van der Waals surface area contributed by atoms with Crippen LogP contribution in [0.2, 0.25) is 0 Å². The maximum absolute atomic E-state index is 14.4. The zero-order chi connectivity index (χ0) is 31.3. The van der Waals surface area contributed by atoms with Crippen molar-refractivity contribution in [1.29, 1.82) is 0 Å². The van der Waals surface area contributed by atoms with Crippen LogP contribution in [0.15, 0.2) is 55.4 Å². The summed E-state index contributed by atoms with van der Waals surface area (Å²) in [4.78, 5) is 32.0. The van der Waals surface area contributed by atoms with E-state index in [1.165, 1.54) is 17.9 Å². The van der Waals surface area contributed by atoms with Crippen molar-refractivity contribution >= 4 is 28.3 Å². The highest BCUT2D eigenvalue weighted by Crippen LogP contribution is 2.41. The lowest BCUT2D eigenvalue weighted by atomic mass is 9.88.